The van der Waals surface area contributed by atoms with E-state index in [9.17, 15) is 0 Å². The van der Waals surface area contributed by atoms with Gasteiger partial charge in [-0.2, -0.15) is 0 Å². The molecule has 166 valence electrons. The number of nitrogens with zero attached hydrogens (tertiary/aromatic N) is 4. The van der Waals surface area contributed by atoms with Gasteiger partial charge >= 0.3 is 7.12 Å². The van der Waals surface area contributed by atoms with E-state index in [0.29, 0.717) is 0 Å². The van der Waals surface area contributed by atoms with Crippen molar-refractivity contribution in [3.8, 4) is 0 Å². The smallest absolute Gasteiger partial charge is 0.403 e. The summed E-state index contributed by atoms with van der Waals surface area (Å²) in [6.07, 6.45) is 4.98. The highest BCUT2D eigenvalue weighted by Gasteiger charge is 2.50. The van der Waals surface area contributed by atoms with Gasteiger partial charge in [-0.25, -0.2) is 4.68 Å². The molecule has 7 nitrogen and oxygen atoms in total. The Morgan fingerprint density at radius 1 is 1.03 bits per heavy atom. The van der Waals surface area contributed by atoms with E-state index in [1.807, 2.05) is 11.7 Å². The molecule has 0 spiro atoms. The molecule has 1 aromatic heterocycles. The van der Waals surface area contributed by atoms with Crippen molar-refractivity contribution in [1.29, 1.82) is 0 Å². The molecule has 2 rings (SSSR count). The van der Waals surface area contributed by atoms with Crippen LogP contribution < -0.4 is 5.32 Å². The summed E-state index contributed by atoms with van der Waals surface area (Å²) >= 11 is 0. The lowest BCUT2D eigenvalue weighted by Crippen LogP contribution is -2.41. The maximum absolute atomic E-state index is 6.11. The Morgan fingerprint density at radius 2 is 1.62 bits per heavy atom. The summed E-state index contributed by atoms with van der Waals surface area (Å²) in [6, 6.07) is 0.127. The van der Waals surface area contributed by atoms with Crippen molar-refractivity contribution in [2.75, 3.05) is 7.05 Å². The van der Waals surface area contributed by atoms with Gasteiger partial charge in [0.2, 0.25) is 0 Å². The fourth-order valence-corrected chi connectivity index (χ4v) is 4.36. The van der Waals surface area contributed by atoms with Gasteiger partial charge in [0.1, 0.15) is 0 Å². The number of rotatable bonds is 9. The quantitative estimate of drug-likeness (QED) is 0.484. The molecule has 1 aliphatic rings. The molecule has 8 heteroatoms. The monoisotopic (exact) mass is 407 g/mol. The molecule has 1 atom stereocenters. The van der Waals surface area contributed by atoms with Crippen molar-refractivity contribution >= 4 is 7.12 Å². The third-order valence-corrected chi connectivity index (χ3v) is 6.17. The molecule has 0 radical (unpaired) electrons. The molecular formula is C21H42BN5O2. The van der Waals surface area contributed by atoms with Gasteiger partial charge in [0.15, 0.2) is 5.82 Å². The molecular weight excluding hydrogens is 365 g/mol. The van der Waals surface area contributed by atoms with E-state index in [1.54, 1.807) is 0 Å². The zero-order chi connectivity index (χ0) is 22.1. The molecule has 0 amide bonds. The van der Waals surface area contributed by atoms with Crippen molar-refractivity contribution in [1.82, 2.24) is 25.5 Å². The van der Waals surface area contributed by atoms with Crippen LogP contribution in [0.3, 0.4) is 0 Å². The molecule has 29 heavy (non-hydrogen) atoms. The third-order valence-electron chi connectivity index (χ3n) is 6.17. The van der Waals surface area contributed by atoms with Crippen LogP contribution in [0.25, 0.3) is 0 Å². The van der Waals surface area contributed by atoms with E-state index < -0.39 is 0 Å². The summed E-state index contributed by atoms with van der Waals surface area (Å²) in [7, 11) is 1.86. The summed E-state index contributed by atoms with van der Waals surface area (Å²) in [4.78, 5) is 0. The fraction of sp³-hybridized carbons (Fsp3) is 0.952. The Morgan fingerprint density at radius 3 is 2.14 bits per heavy atom. The summed E-state index contributed by atoms with van der Waals surface area (Å²) in [5.41, 5.74) is -0.461. The topological polar surface area (TPSA) is 74.1 Å². The minimum Gasteiger partial charge on any atom is -0.403 e. The van der Waals surface area contributed by atoms with Crippen molar-refractivity contribution in [2.24, 2.45) is 5.41 Å². The first-order chi connectivity index (χ1) is 13.2. The Labute approximate surface area is 177 Å². The number of unbranched alkanes of at least 4 members (excludes halogenated alkanes) is 1. The highest BCUT2D eigenvalue weighted by atomic mass is 16.7. The van der Waals surface area contributed by atoms with Crippen LogP contribution in [0.4, 0.5) is 0 Å². The van der Waals surface area contributed by atoms with Gasteiger partial charge < -0.3 is 14.6 Å². The predicted molar refractivity (Wildman–Crippen MR) is 118 cm³/mol. The first kappa shape index (κ1) is 24.3. The zero-order valence-corrected chi connectivity index (χ0v) is 20.3. The lowest BCUT2D eigenvalue weighted by Gasteiger charge is -2.33. The number of aromatic nitrogens is 4. The second kappa shape index (κ2) is 8.63. The average molecular weight is 407 g/mol. The molecule has 1 aromatic rings. The lowest BCUT2D eigenvalue weighted by atomic mass is 9.81. The molecule has 0 bridgehead atoms. The molecule has 2 heterocycles. The molecule has 0 saturated carbocycles. The number of hydrogen-bond donors (Lipinski definition) is 1. The second-order valence-electron chi connectivity index (χ2n) is 11.3. The van der Waals surface area contributed by atoms with Gasteiger partial charge in [-0.1, -0.05) is 33.6 Å². The van der Waals surface area contributed by atoms with E-state index in [1.165, 1.54) is 0 Å². The highest BCUT2D eigenvalue weighted by Crippen LogP contribution is 2.38. The summed E-state index contributed by atoms with van der Waals surface area (Å²) < 4.78 is 14.2. The highest BCUT2D eigenvalue weighted by molar-refractivity contribution is 6.45. The van der Waals surface area contributed by atoms with Crippen LogP contribution in [0.15, 0.2) is 0 Å². The van der Waals surface area contributed by atoms with E-state index >= 15 is 0 Å². The van der Waals surface area contributed by atoms with Crippen LogP contribution in [0.2, 0.25) is 6.32 Å². The standard InChI is InChI=1S/C21H42BN5O2/c1-18(2,3)15-19(4,5)27-17(24-25-26-27)16(23-10)13-11-12-14-22-28-20(6,7)21(8,9)29-22/h16,23H,11-15H2,1-10H3. The molecule has 0 aromatic carbocycles. The minimum absolute atomic E-state index is 0.121. The van der Waals surface area contributed by atoms with Crippen molar-refractivity contribution < 1.29 is 9.31 Å². The molecule has 0 aliphatic carbocycles. The Bertz CT molecular complexity index is 650. The number of nitrogens with one attached hydrogen (secondary N) is 1. The van der Waals surface area contributed by atoms with Crippen molar-refractivity contribution in [3.63, 3.8) is 0 Å². The fourth-order valence-electron chi connectivity index (χ4n) is 4.36. The molecule has 1 N–H and O–H groups in total. The van der Waals surface area contributed by atoms with E-state index in [4.69, 9.17) is 9.31 Å². The number of hydrogen-bond acceptors (Lipinski definition) is 6. The van der Waals surface area contributed by atoms with E-state index in [-0.39, 0.29) is 35.3 Å². The molecule has 1 aliphatic heterocycles. The van der Waals surface area contributed by atoms with Crippen LogP contribution in [-0.2, 0) is 14.8 Å². The largest absolute Gasteiger partial charge is 0.457 e. The Hall–Kier alpha value is -0.985. The Balaban J connectivity index is 1.93. The normalized spacial score (nSPS) is 20.3. The lowest BCUT2D eigenvalue weighted by molar-refractivity contribution is 0.00578. The SMILES string of the molecule is CNC(CCCCB1OC(C)(C)C(C)(C)O1)c1nnnn1C(C)(C)CC(C)(C)C. The average Bonchev–Trinajstić information content (AvgIpc) is 3.08. The van der Waals surface area contributed by atoms with Crippen LogP contribution in [0.1, 0.15) is 99.9 Å². The third kappa shape index (κ3) is 6.01. The van der Waals surface area contributed by atoms with Gasteiger partial charge in [0.25, 0.3) is 0 Å². The van der Waals surface area contributed by atoms with Gasteiger partial charge in [-0.05, 0) is 83.6 Å². The maximum atomic E-state index is 6.11. The van der Waals surface area contributed by atoms with E-state index in [0.717, 1.165) is 37.8 Å². The minimum atomic E-state index is -0.258. The van der Waals surface area contributed by atoms with Gasteiger partial charge in [0.05, 0.1) is 22.8 Å². The predicted octanol–water partition coefficient (Wildman–Crippen LogP) is 4.37. The molecule has 1 unspecified atom stereocenters. The van der Waals surface area contributed by atoms with Crippen LogP contribution in [0.5, 0.6) is 0 Å². The van der Waals surface area contributed by atoms with Crippen molar-refractivity contribution in [2.45, 2.75) is 117 Å². The first-order valence-electron chi connectivity index (χ1n) is 11.0. The zero-order valence-electron chi connectivity index (χ0n) is 20.3. The Kier molecular flexibility index (Phi) is 7.23. The first-order valence-corrected chi connectivity index (χ1v) is 11.0. The molecule has 1 fully saturated rings. The molecule has 1 saturated heterocycles. The van der Waals surface area contributed by atoms with Crippen LogP contribution >= 0.6 is 0 Å². The van der Waals surface area contributed by atoms with Gasteiger partial charge in [-0.15, -0.1) is 5.10 Å². The van der Waals surface area contributed by atoms with Crippen LogP contribution in [-0.4, -0.2) is 45.6 Å². The van der Waals surface area contributed by atoms with E-state index in [2.05, 4.69) is 83.2 Å². The second-order valence-corrected chi connectivity index (χ2v) is 11.3. The maximum Gasteiger partial charge on any atom is 0.457 e. The summed E-state index contributed by atoms with van der Waals surface area (Å²) in [5.74, 6) is 0.914. The van der Waals surface area contributed by atoms with Crippen molar-refractivity contribution in [3.05, 3.63) is 5.82 Å². The summed E-state index contributed by atoms with van der Waals surface area (Å²) in [6.45, 7) is 19.6. The van der Waals surface area contributed by atoms with Gasteiger partial charge in [0, 0.05) is 0 Å². The summed E-state index contributed by atoms with van der Waals surface area (Å²) in [5, 5.41) is 16.1. The van der Waals surface area contributed by atoms with Gasteiger partial charge in [-0.3, -0.25) is 0 Å². The number of tetrazole rings is 1. The van der Waals surface area contributed by atoms with Crippen LogP contribution in [0, 0.1) is 5.41 Å².